The van der Waals surface area contributed by atoms with Crippen LogP contribution in [-0.4, -0.2) is 32.1 Å². The number of nitrogens with zero attached hydrogens (tertiary/aromatic N) is 1. The van der Waals surface area contributed by atoms with E-state index in [1.165, 1.54) is 16.4 Å². The third kappa shape index (κ3) is 2.51. The zero-order valence-corrected chi connectivity index (χ0v) is 10.2. The second-order valence-electron chi connectivity index (χ2n) is 3.27. The van der Waals surface area contributed by atoms with Crippen LogP contribution < -0.4 is 0 Å². The molecule has 0 unspecified atom stereocenters. The highest BCUT2D eigenvalue weighted by atomic mass is 32.2. The lowest BCUT2D eigenvalue weighted by Gasteiger charge is -2.17. The van der Waals surface area contributed by atoms with Crippen LogP contribution in [0.4, 0.5) is 0 Å². The maximum atomic E-state index is 12.0. The molecule has 0 aromatic carbocycles. The van der Waals surface area contributed by atoms with Crippen LogP contribution in [0, 0.1) is 0 Å². The molecule has 0 N–H and O–H groups in total. The third-order valence-electron chi connectivity index (χ3n) is 2.14. The fourth-order valence-electron chi connectivity index (χ4n) is 1.36. The highest BCUT2D eigenvalue weighted by molar-refractivity contribution is 7.89. The van der Waals surface area contributed by atoms with Crippen molar-refractivity contribution in [3.8, 4) is 0 Å². The van der Waals surface area contributed by atoms with E-state index in [0.717, 1.165) is 6.42 Å². The number of aldehydes is 1. The van der Waals surface area contributed by atoms with E-state index in [1.54, 1.807) is 6.92 Å². The van der Waals surface area contributed by atoms with Gasteiger partial charge in [0.25, 0.3) is 10.0 Å². The van der Waals surface area contributed by atoms with Gasteiger partial charge < -0.3 is 4.42 Å². The second-order valence-corrected chi connectivity index (χ2v) is 5.14. The zero-order valence-electron chi connectivity index (χ0n) is 9.34. The lowest BCUT2D eigenvalue weighted by molar-refractivity contribution is 0.109. The monoisotopic (exact) mass is 245 g/mol. The molecular formula is C10H15NO4S. The van der Waals surface area contributed by atoms with Gasteiger partial charge in [0.15, 0.2) is 12.0 Å². The molecular weight excluding hydrogens is 230 g/mol. The van der Waals surface area contributed by atoms with Crippen molar-refractivity contribution < 1.29 is 17.6 Å². The standard InChI is InChI=1S/C10H15NO4S/c1-3-7-11(4-2)16(13,14)10-6-5-9(8-12)15-10/h5-6,8H,3-4,7H2,1-2H3. The number of carbonyl (C=O) groups is 1. The summed E-state index contributed by atoms with van der Waals surface area (Å²) in [6, 6.07) is 2.65. The Bertz CT molecular complexity index is 449. The largest absolute Gasteiger partial charge is 0.440 e. The van der Waals surface area contributed by atoms with E-state index in [4.69, 9.17) is 4.42 Å². The molecule has 0 fully saturated rings. The number of hydrogen-bond donors (Lipinski definition) is 0. The molecule has 0 aliphatic heterocycles. The predicted molar refractivity (Wildman–Crippen MR) is 58.8 cm³/mol. The summed E-state index contributed by atoms with van der Waals surface area (Å²) in [4.78, 5) is 10.4. The van der Waals surface area contributed by atoms with Crippen LogP contribution in [0.2, 0.25) is 0 Å². The summed E-state index contributed by atoms with van der Waals surface area (Å²) in [7, 11) is -3.59. The Morgan fingerprint density at radius 1 is 1.38 bits per heavy atom. The van der Waals surface area contributed by atoms with Crippen molar-refractivity contribution in [2.75, 3.05) is 13.1 Å². The van der Waals surface area contributed by atoms with Crippen molar-refractivity contribution in [3.63, 3.8) is 0 Å². The quantitative estimate of drug-likeness (QED) is 0.712. The molecule has 0 saturated heterocycles. The summed E-state index contributed by atoms with van der Waals surface area (Å²) in [5.74, 6) is 0.0196. The molecule has 16 heavy (non-hydrogen) atoms. The maximum absolute atomic E-state index is 12.0. The summed E-state index contributed by atoms with van der Waals surface area (Å²) in [5, 5.41) is -0.176. The Kier molecular flexibility index (Phi) is 4.26. The van der Waals surface area contributed by atoms with Crippen LogP contribution in [-0.2, 0) is 10.0 Å². The van der Waals surface area contributed by atoms with Crippen molar-refractivity contribution in [3.05, 3.63) is 17.9 Å². The van der Waals surface area contributed by atoms with Crippen LogP contribution in [0.5, 0.6) is 0 Å². The highest BCUT2D eigenvalue weighted by Crippen LogP contribution is 2.18. The fourth-order valence-corrected chi connectivity index (χ4v) is 2.82. The third-order valence-corrected chi connectivity index (χ3v) is 3.99. The molecule has 6 heteroatoms. The van der Waals surface area contributed by atoms with Gasteiger partial charge in [-0.05, 0) is 18.6 Å². The molecule has 90 valence electrons. The Balaban J connectivity index is 3.04. The molecule has 1 rings (SSSR count). The van der Waals surface area contributed by atoms with Gasteiger partial charge in [0.05, 0.1) is 0 Å². The minimum Gasteiger partial charge on any atom is -0.440 e. The van der Waals surface area contributed by atoms with E-state index in [0.29, 0.717) is 19.4 Å². The topological polar surface area (TPSA) is 67.6 Å². The van der Waals surface area contributed by atoms with Crippen molar-refractivity contribution in [1.82, 2.24) is 4.31 Å². The van der Waals surface area contributed by atoms with E-state index >= 15 is 0 Å². The molecule has 0 aliphatic rings. The smallest absolute Gasteiger partial charge is 0.276 e. The highest BCUT2D eigenvalue weighted by Gasteiger charge is 2.25. The number of rotatable bonds is 6. The second kappa shape index (κ2) is 5.27. The van der Waals surface area contributed by atoms with E-state index in [2.05, 4.69) is 0 Å². The van der Waals surface area contributed by atoms with Gasteiger partial charge in [0, 0.05) is 13.1 Å². The average Bonchev–Trinajstić information content (AvgIpc) is 2.74. The van der Waals surface area contributed by atoms with E-state index in [9.17, 15) is 13.2 Å². The summed E-state index contributed by atoms with van der Waals surface area (Å²) >= 11 is 0. The van der Waals surface area contributed by atoms with Crippen LogP contribution in [0.25, 0.3) is 0 Å². The number of sulfonamides is 1. The van der Waals surface area contributed by atoms with Crippen LogP contribution in [0.3, 0.4) is 0 Å². The summed E-state index contributed by atoms with van der Waals surface area (Å²) in [6.07, 6.45) is 1.21. The molecule has 0 amide bonds. The lowest BCUT2D eigenvalue weighted by Crippen LogP contribution is -2.31. The average molecular weight is 245 g/mol. The van der Waals surface area contributed by atoms with Gasteiger partial charge in [-0.2, -0.15) is 4.31 Å². The van der Waals surface area contributed by atoms with E-state index < -0.39 is 10.0 Å². The Hall–Kier alpha value is -1.14. The van der Waals surface area contributed by atoms with Gasteiger partial charge in [-0.15, -0.1) is 0 Å². The van der Waals surface area contributed by atoms with Crippen LogP contribution >= 0.6 is 0 Å². The molecule has 0 spiro atoms. The summed E-state index contributed by atoms with van der Waals surface area (Å²) in [6.45, 7) is 4.48. The minimum atomic E-state index is -3.59. The molecule has 0 aliphatic carbocycles. The number of carbonyl (C=O) groups excluding carboxylic acids is 1. The first kappa shape index (κ1) is 12.9. The SMILES string of the molecule is CCCN(CC)S(=O)(=O)c1ccc(C=O)o1. The van der Waals surface area contributed by atoms with Gasteiger partial charge in [0.2, 0.25) is 5.09 Å². The molecule has 5 nitrogen and oxygen atoms in total. The molecule has 1 aromatic heterocycles. The first-order valence-electron chi connectivity index (χ1n) is 5.11. The molecule has 1 heterocycles. The maximum Gasteiger partial charge on any atom is 0.276 e. The van der Waals surface area contributed by atoms with Crippen LogP contribution in [0.1, 0.15) is 30.8 Å². The number of furan rings is 1. The zero-order chi connectivity index (χ0) is 12.2. The van der Waals surface area contributed by atoms with Gasteiger partial charge in [-0.3, -0.25) is 4.79 Å². The Morgan fingerprint density at radius 3 is 2.50 bits per heavy atom. The van der Waals surface area contributed by atoms with Gasteiger partial charge >= 0.3 is 0 Å². The summed E-state index contributed by atoms with van der Waals surface area (Å²) in [5.41, 5.74) is 0. The molecule has 0 bridgehead atoms. The predicted octanol–water partition coefficient (Wildman–Crippen LogP) is 1.51. The van der Waals surface area contributed by atoms with Gasteiger partial charge in [-0.1, -0.05) is 13.8 Å². The first-order valence-corrected chi connectivity index (χ1v) is 6.55. The van der Waals surface area contributed by atoms with Crippen molar-refractivity contribution >= 4 is 16.3 Å². The minimum absolute atomic E-state index is 0.0196. The molecule has 1 aromatic rings. The Labute approximate surface area is 95.1 Å². The normalized spacial score (nSPS) is 11.9. The van der Waals surface area contributed by atoms with Crippen LogP contribution in [0.15, 0.2) is 21.6 Å². The van der Waals surface area contributed by atoms with E-state index in [1.807, 2.05) is 6.92 Å². The van der Waals surface area contributed by atoms with Crippen molar-refractivity contribution in [2.45, 2.75) is 25.4 Å². The Morgan fingerprint density at radius 2 is 2.06 bits per heavy atom. The van der Waals surface area contributed by atoms with Crippen molar-refractivity contribution in [1.29, 1.82) is 0 Å². The van der Waals surface area contributed by atoms with E-state index in [-0.39, 0.29) is 10.9 Å². The number of hydrogen-bond acceptors (Lipinski definition) is 4. The van der Waals surface area contributed by atoms with Gasteiger partial charge in [-0.25, -0.2) is 8.42 Å². The molecule has 0 radical (unpaired) electrons. The van der Waals surface area contributed by atoms with Crippen molar-refractivity contribution in [2.24, 2.45) is 0 Å². The molecule has 0 atom stereocenters. The van der Waals surface area contributed by atoms with Gasteiger partial charge in [0.1, 0.15) is 0 Å². The molecule has 0 saturated carbocycles. The fraction of sp³-hybridized carbons (Fsp3) is 0.500. The first-order chi connectivity index (χ1) is 7.56. The lowest BCUT2D eigenvalue weighted by atomic mass is 10.5. The summed E-state index contributed by atoms with van der Waals surface area (Å²) < 4.78 is 30.2.